The second-order valence-corrected chi connectivity index (χ2v) is 68.5. The number of hydrogen-bond acceptors (Lipinski definition) is 0. The quantitative estimate of drug-likeness (QED) is 0.361. The predicted molar refractivity (Wildman–Crippen MR) is 106 cm³/mol. The normalized spacial score (nSPS) is 15.0. The van der Waals surface area contributed by atoms with Crippen molar-refractivity contribution in [3.8, 4) is 0 Å². The summed E-state index contributed by atoms with van der Waals surface area (Å²) in [6, 6.07) is 0. The maximum absolute atomic E-state index is 5.72. The van der Waals surface area contributed by atoms with Gasteiger partial charge in [-0.1, -0.05) is 0 Å². The molecule has 0 N–H and O–H groups in total. The Morgan fingerprint density at radius 2 is 0.765 bits per heavy atom. The van der Waals surface area contributed by atoms with Crippen molar-refractivity contribution in [1.29, 1.82) is 0 Å². The Balaban J connectivity index is 0. The summed E-state index contributed by atoms with van der Waals surface area (Å²) in [5.74, 6) is 0. The first-order chi connectivity index (χ1) is 7.06. The first-order valence-corrected chi connectivity index (χ1v) is 32.8. The Morgan fingerprint density at radius 3 is 0.765 bits per heavy atom. The molecular formula is H5Cl11Si6. The second kappa shape index (κ2) is 8.95. The van der Waals surface area contributed by atoms with Gasteiger partial charge >= 0.3 is 22.3 Å². The fourth-order valence-electron chi connectivity index (χ4n) is 0.161. The summed E-state index contributed by atoms with van der Waals surface area (Å²) in [7, 11) is 0.979. The minimum Gasteiger partial charge on any atom is -0.144 e. The van der Waals surface area contributed by atoms with Gasteiger partial charge in [0.15, 0.2) is 0 Å². The summed E-state index contributed by atoms with van der Waals surface area (Å²) in [6.07, 6.45) is 0. The van der Waals surface area contributed by atoms with Crippen LogP contribution in [0.1, 0.15) is 0 Å². The zero-order valence-corrected chi connectivity index (χ0v) is 23.6. The minimum absolute atomic E-state index is 0.174. The molecule has 0 radical (unpaired) electrons. The van der Waals surface area contributed by atoms with Gasteiger partial charge in [-0.15, -0.1) is 122 Å². The fourth-order valence-corrected chi connectivity index (χ4v) is 39.1. The SMILES string of the molecule is Cl[Si](Cl)(Cl)[Si](Cl)(Cl)[Si](Cl)(Cl)Cl.[SiH3][SiH2][Si](Cl)(Cl)Cl. The van der Waals surface area contributed by atoms with Crippen molar-refractivity contribution in [1.82, 2.24) is 0 Å². The lowest BCUT2D eigenvalue weighted by Crippen LogP contribution is -2.57. The Hall–Kier alpha value is 4.49. The van der Waals surface area contributed by atoms with Crippen LogP contribution in [0, 0.1) is 0 Å². The van der Waals surface area contributed by atoms with Gasteiger partial charge in [0.05, 0.1) is 8.55 Å². The zero-order chi connectivity index (χ0) is 14.7. The third-order valence-corrected chi connectivity index (χ3v) is 90.1. The highest BCUT2D eigenvalue weighted by atomic mass is 35.9. The van der Waals surface area contributed by atoms with E-state index in [1.807, 2.05) is 0 Å². The molecule has 0 aromatic carbocycles. The maximum atomic E-state index is 5.72. The average Bonchev–Trinajstić information content (AvgIpc) is 2.00. The average molecular weight is 564 g/mol. The van der Waals surface area contributed by atoms with E-state index in [0.29, 0.717) is 0 Å². The van der Waals surface area contributed by atoms with E-state index in [4.69, 9.17) is 122 Å². The fraction of sp³-hybridized carbons (Fsp3) is 0. The summed E-state index contributed by atoms with van der Waals surface area (Å²) in [4.78, 5) is 0. The van der Waals surface area contributed by atoms with E-state index < -0.39 is 22.3 Å². The van der Waals surface area contributed by atoms with Crippen LogP contribution in [-0.4, -0.2) is 40.6 Å². The molecule has 0 spiro atoms. The topological polar surface area (TPSA) is 0 Å². The van der Waals surface area contributed by atoms with Crippen molar-refractivity contribution in [2.75, 3.05) is 0 Å². The molecule has 0 aliphatic heterocycles. The molecule has 0 saturated carbocycles. The molecule has 0 heterocycles. The third-order valence-electron chi connectivity index (χ3n) is 1.11. The molecule has 0 bridgehead atoms. The molecule has 0 saturated heterocycles. The van der Waals surface area contributed by atoms with Crippen LogP contribution >= 0.6 is 122 Å². The van der Waals surface area contributed by atoms with Crippen LogP contribution in [0.5, 0.6) is 0 Å². The molecule has 0 nitrogen and oxygen atoms in total. The molecular weight excluding hydrogens is 558 g/mol. The zero-order valence-electron chi connectivity index (χ0n) is 7.86. The number of rotatable bonds is 3. The molecule has 0 amide bonds. The van der Waals surface area contributed by atoms with E-state index in [0.717, 1.165) is 9.76 Å². The van der Waals surface area contributed by atoms with Gasteiger partial charge in [0.25, 0.3) is 0 Å². The first kappa shape index (κ1) is 23.8. The van der Waals surface area contributed by atoms with E-state index in [2.05, 4.69) is 0 Å². The molecule has 17 heavy (non-hydrogen) atoms. The van der Waals surface area contributed by atoms with Crippen LogP contribution < -0.4 is 0 Å². The Bertz CT molecular complexity index is 200. The highest BCUT2D eigenvalue weighted by Crippen LogP contribution is 2.47. The van der Waals surface area contributed by atoms with Crippen LogP contribution in [0.3, 0.4) is 0 Å². The van der Waals surface area contributed by atoms with Crippen LogP contribution in [0.15, 0.2) is 0 Å². The van der Waals surface area contributed by atoms with E-state index >= 15 is 0 Å². The molecule has 0 unspecified atom stereocenters. The highest BCUT2D eigenvalue weighted by molar-refractivity contribution is 8.24. The molecule has 0 aliphatic carbocycles. The van der Waals surface area contributed by atoms with Crippen molar-refractivity contribution in [2.24, 2.45) is 0 Å². The molecule has 0 rings (SSSR count). The smallest absolute Gasteiger partial charge is 0.144 e. The number of hydrogen-bond donors (Lipinski definition) is 0. The second-order valence-electron chi connectivity index (χ2n) is 2.54. The van der Waals surface area contributed by atoms with Crippen molar-refractivity contribution < 1.29 is 0 Å². The van der Waals surface area contributed by atoms with E-state index in [1.165, 1.54) is 0 Å². The van der Waals surface area contributed by atoms with Gasteiger partial charge < -0.3 is 0 Å². The monoisotopic (exact) mass is 558 g/mol. The van der Waals surface area contributed by atoms with Crippen molar-refractivity contribution >= 4 is 162 Å². The molecule has 0 atom stereocenters. The van der Waals surface area contributed by atoms with Crippen LogP contribution in [0.4, 0.5) is 0 Å². The predicted octanol–water partition coefficient (Wildman–Crippen LogP) is 3.96. The van der Waals surface area contributed by atoms with E-state index in [1.54, 1.807) is 0 Å². The lowest BCUT2D eigenvalue weighted by atomic mass is 26.4. The van der Waals surface area contributed by atoms with Crippen molar-refractivity contribution in [3.63, 3.8) is 0 Å². The molecule has 106 valence electrons. The van der Waals surface area contributed by atoms with Gasteiger partial charge in [-0.25, -0.2) is 0 Å². The van der Waals surface area contributed by atoms with Crippen molar-refractivity contribution in [2.45, 2.75) is 0 Å². The number of halogens is 11. The van der Waals surface area contributed by atoms with Crippen LogP contribution in [-0.2, 0) is 0 Å². The summed E-state index contributed by atoms with van der Waals surface area (Å²) >= 11 is 61.3. The van der Waals surface area contributed by atoms with Gasteiger partial charge in [-0.2, -0.15) is 0 Å². The lowest BCUT2D eigenvalue weighted by molar-refractivity contribution is 3.34. The summed E-state index contributed by atoms with van der Waals surface area (Å²) < 4.78 is 0. The van der Waals surface area contributed by atoms with Gasteiger partial charge in [0.2, 0.25) is 0 Å². The molecule has 0 aromatic heterocycles. The summed E-state index contributed by atoms with van der Waals surface area (Å²) in [6.45, 7) is 0. The molecule has 0 aliphatic rings. The van der Waals surface area contributed by atoms with Crippen molar-refractivity contribution in [3.05, 3.63) is 0 Å². The third kappa shape index (κ3) is 10.8. The van der Waals surface area contributed by atoms with Crippen LogP contribution in [0.2, 0.25) is 0 Å². The maximum Gasteiger partial charge on any atom is 0.360 e. The minimum atomic E-state index is -3.29. The Labute approximate surface area is 160 Å². The lowest BCUT2D eigenvalue weighted by Gasteiger charge is -2.26. The van der Waals surface area contributed by atoms with Gasteiger partial charge in [0, 0.05) is 0 Å². The highest BCUT2D eigenvalue weighted by Gasteiger charge is 2.67. The molecule has 0 fully saturated rings. The molecule has 0 aromatic rings. The van der Waals surface area contributed by atoms with Gasteiger partial charge in [-0.05, 0) is 9.76 Å². The van der Waals surface area contributed by atoms with E-state index in [-0.39, 0.29) is 8.55 Å². The van der Waals surface area contributed by atoms with Gasteiger partial charge in [-0.3, -0.25) is 0 Å². The summed E-state index contributed by atoms with van der Waals surface area (Å²) in [5.41, 5.74) is -11.8. The van der Waals surface area contributed by atoms with Gasteiger partial charge in [0.1, 0.15) is 0 Å². The Kier molecular flexibility index (Phi) is 12.5. The van der Waals surface area contributed by atoms with Crippen LogP contribution in [0.25, 0.3) is 0 Å². The standard InChI is InChI=1S/Cl8Si3.Cl3H5Si3/c1-9(2,3)11(7,8)10(4,5)6;1-6(2,3)5-4/h;5H2,4H3. The van der Waals surface area contributed by atoms with E-state index in [9.17, 15) is 0 Å². The first-order valence-electron chi connectivity index (χ1n) is 3.64. The Morgan fingerprint density at radius 1 is 0.588 bits per heavy atom. The largest absolute Gasteiger partial charge is 0.360 e. The summed E-state index contributed by atoms with van der Waals surface area (Å²) in [5, 5.41) is 0. The molecule has 17 heteroatoms.